The summed E-state index contributed by atoms with van der Waals surface area (Å²) in [6.07, 6.45) is 0. The molecule has 0 bridgehead atoms. The minimum atomic E-state index is 0.129. The monoisotopic (exact) mass is 275 g/mol. The first-order valence-electron chi connectivity index (χ1n) is 6.39. The Kier molecular flexibility index (Phi) is 4.33. The van der Waals surface area contributed by atoms with Crippen LogP contribution < -0.4 is 4.90 Å². The number of benzene rings is 2. The van der Waals surface area contributed by atoms with Gasteiger partial charge in [0.2, 0.25) is 0 Å². The first-order chi connectivity index (χ1) is 9.10. The van der Waals surface area contributed by atoms with E-state index in [0.717, 1.165) is 18.7 Å². The van der Waals surface area contributed by atoms with E-state index in [1.165, 1.54) is 11.3 Å². The molecule has 0 amide bonds. The Morgan fingerprint density at radius 1 is 1.16 bits per heavy atom. The largest absolute Gasteiger partial charge is 0.506 e. The number of phenols is 1. The zero-order valence-electron chi connectivity index (χ0n) is 11.2. The maximum absolute atomic E-state index is 9.44. The molecule has 0 aliphatic heterocycles. The van der Waals surface area contributed by atoms with Crippen molar-refractivity contribution in [1.82, 2.24) is 0 Å². The van der Waals surface area contributed by atoms with E-state index in [1.54, 1.807) is 6.07 Å². The van der Waals surface area contributed by atoms with Crippen molar-refractivity contribution in [3.05, 3.63) is 58.6 Å². The van der Waals surface area contributed by atoms with Crippen molar-refractivity contribution in [1.29, 1.82) is 0 Å². The molecule has 0 fully saturated rings. The van der Waals surface area contributed by atoms with E-state index < -0.39 is 0 Å². The predicted octanol–water partition coefficient (Wildman–Crippen LogP) is 4.38. The molecule has 0 aliphatic rings. The topological polar surface area (TPSA) is 23.5 Å². The van der Waals surface area contributed by atoms with Crippen molar-refractivity contribution >= 4 is 17.3 Å². The summed E-state index contributed by atoms with van der Waals surface area (Å²) in [7, 11) is 0. The van der Waals surface area contributed by atoms with Crippen molar-refractivity contribution in [2.45, 2.75) is 20.4 Å². The number of phenolic OH excluding ortho intramolecular Hbond substituents is 1. The quantitative estimate of drug-likeness (QED) is 0.895. The average molecular weight is 276 g/mol. The fourth-order valence-electron chi connectivity index (χ4n) is 2.08. The lowest BCUT2D eigenvalue weighted by atomic mass is 10.1. The normalized spacial score (nSPS) is 10.5. The molecule has 0 atom stereocenters. The molecular weight excluding hydrogens is 258 g/mol. The lowest BCUT2D eigenvalue weighted by Crippen LogP contribution is -2.21. The van der Waals surface area contributed by atoms with Crippen LogP contribution in [0.5, 0.6) is 5.75 Å². The van der Waals surface area contributed by atoms with Gasteiger partial charge in [-0.25, -0.2) is 0 Å². The molecular formula is C16H18ClNO. The minimum absolute atomic E-state index is 0.129. The SMILES string of the molecule is CCN(Cc1ccc(O)c(Cl)c1)c1cccc(C)c1. The van der Waals surface area contributed by atoms with Gasteiger partial charge < -0.3 is 10.0 Å². The molecule has 19 heavy (non-hydrogen) atoms. The fourth-order valence-corrected chi connectivity index (χ4v) is 2.28. The third-order valence-corrected chi connectivity index (χ3v) is 3.44. The van der Waals surface area contributed by atoms with E-state index >= 15 is 0 Å². The number of halogens is 1. The lowest BCUT2D eigenvalue weighted by molar-refractivity contribution is 0.475. The van der Waals surface area contributed by atoms with E-state index in [1.807, 2.05) is 12.1 Å². The summed E-state index contributed by atoms with van der Waals surface area (Å²) in [5, 5.41) is 9.84. The van der Waals surface area contributed by atoms with Crippen LogP contribution in [0.15, 0.2) is 42.5 Å². The first-order valence-corrected chi connectivity index (χ1v) is 6.77. The van der Waals surface area contributed by atoms with Crippen LogP contribution in [-0.4, -0.2) is 11.7 Å². The maximum atomic E-state index is 9.44. The van der Waals surface area contributed by atoms with Gasteiger partial charge in [0, 0.05) is 18.8 Å². The van der Waals surface area contributed by atoms with Gasteiger partial charge in [-0.05, 0) is 49.2 Å². The number of anilines is 1. The van der Waals surface area contributed by atoms with Gasteiger partial charge in [-0.1, -0.05) is 29.8 Å². The standard InChI is InChI=1S/C16H18ClNO/c1-3-18(14-6-4-5-12(2)9-14)11-13-7-8-16(19)15(17)10-13/h4-10,19H,3,11H2,1-2H3. The number of hydrogen-bond donors (Lipinski definition) is 1. The van der Waals surface area contributed by atoms with Crippen LogP contribution in [0, 0.1) is 6.92 Å². The zero-order valence-corrected chi connectivity index (χ0v) is 12.0. The Morgan fingerprint density at radius 3 is 2.58 bits per heavy atom. The molecule has 0 spiro atoms. The van der Waals surface area contributed by atoms with Crippen LogP contribution >= 0.6 is 11.6 Å². The Bertz CT molecular complexity index is 568. The number of aryl methyl sites for hydroxylation is 1. The van der Waals surface area contributed by atoms with Gasteiger partial charge in [-0.3, -0.25) is 0 Å². The van der Waals surface area contributed by atoms with E-state index in [0.29, 0.717) is 5.02 Å². The molecule has 2 aromatic carbocycles. The summed E-state index contributed by atoms with van der Waals surface area (Å²) in [6, 6.07) is 13.8. The number of rotatable bonds is 4. The molecule has 0 unspecified atom stereocenters. The van der Waals surface area contributed by atoms with Crippen molar-refractivity contribution in [2.24, 2.45) is 0 Å². The Morgan fingerprint density at radius 2 is 1.95 bits per heavy atom. The summed E-state index contributed by atoms with van der Waals surface area (Å²) in [6.45, 7) is 5.92. The Hall–Kier alpha value is -1.67. The summed E-state index contributed by atoms with van der Waals surface area (Å²) < 4.78 is 0. The molecule has 0 radical (unpaired) electrons. The number of aromatic hydroxyl groups is 1. The molecule has 0 aliphatic carbocycles. The summed E-state index contributed by atoms with van der Waals surface area (Å²) in [5.74, 6) is 0.129. The van der Waals surface area contributed by atoms with Crippen LogP contribution in [0.3, 0.4) is 0 Å². The molecule has 100 valence electrons. The minimum Gasteiger partial charge on any atom is -0.506 e. The van der Waals surface area contributed by atoms with Gasteiger partial charge in [0.15, 0.2) is 0 Å². The second kappa shape index (κ2) is 5.98. The summed E-state index contributed by atoms with van der Waals surface area (Å²) in [4.78, 5) is 2.27. The second-order valence-corrected chi connectivity index (χ2v) is 5.05. The van der Waals surface area contributed by atoms with E-state index in [4.69, 9.17) is 11.6 Å². The van der Waals surface area contributed by atoms with Gasteiger partial charge in [-0.2, -0.15) is 0 Å². The van der Waals surface area contributed by atoms with Crippen LogP contribution in [0.1, 0.15) is 18.1 Å². The summed E-state index contributed by atoms with van der Waals surface area (Å²) >= 11 is 5.94. The Labute approximate surface area is 119 Å². The van der Waals surface area contributed by atoms with Gasteiger partial charge in [-0.15, -0.1) is 0 Å². The molecule has 0 aromatic heterocycles. The third-order valence-electron chi connectivity index (χ3n) is 3.13. The molecule has 0 saturated carbocycles. The van der Waals surface area contributed by atoms with Crippen LogP contribution in [0.2, 0.25) is 5.02 Å². The molecule has 2 rings (SSSR count). The van der Waals surface area contributed by atoms with Crippen LogP contribution in [-0.2, 0) is 6.54 Å². The summed E-state index contributed by atoms with van der Waals surface area (Å²) in [5.41, 5.74) is 3.54. The highest BCUT2D eigenvalue weighted by atomic mass is 35.5. The van der Waals surface area contributed by atoms with E-state index in [9.17, 15) is 5.11 Å². The van der Waals surface area contributed by atoms with Gasteiger partial charge in [0.25, 0.3) is 0 Å². The zero-order chi connectivity index (χ0) is 13.8. The highest BCUT2D eigenvalue weighted by molar-refractivity contribution is 6.32. The highest BCUT2D eigenvalue weighted by Gasteiger charge is 2.07. The van der Waals surface area contributed by atoms with Crippen molar-refractivity contribution in [2.75, 3.05) is 11.4 Å². The lowest BCUT2D eigenvalue weighted by Gasteiger charge is -2.23. The maximum Gasteiger partial charge on any atom is 0.134 e. The number of nitrogens with zero attached hydrogens (tertiary/aromatic N) is 1. The molecule has 1 N–H and O–H groups in total. The molecule has 2 aromatic rings. The molecule has 0 saturated heterocycles. The van der Waals surface area contributed by atoms with Crippen molar-refractivity contribution in [3.8, 4) is 5.75 Å². The Balaban J connectivity index is 2.21. The second-order valence-electron chi connectivity index (χ2n) is 4.64. The number of hydrogen-bond acceptors (Lipinski definition) is 2. The first kappa shape index (κ1) is 13.8. The van der Waals surface area contributed by atoms with Crippen molar-refractivity contribution in [3.63, 3.8) is 0 Å². The van der Waals surface area contributed by atoms with Crippen molar-refractivity contribution < 1.29 is 5.11 Å². The predicted molar refractivity (Wildman–Crippen MR) is 81.0 cm³/mol. The van der Waals surface area contributed by atoms with E-state index in [-0.39, 0.29) is 5.75 Å². The molecule has 0 heterocycles. The van der Waals surface area contributed by atoms with Crippen LogP contribution in [0.25, 0.3) is 0 Å². The molecule has 3 heteroatoms. The molecule has 2 nitrogen and oxygen atoms in total. The van der Waals surface area contributed by atoms with Gasteiger partial charge in [0.1, 0.15) is 5.75 Å². The average Bonchev–Trinajstić information content (AvgIpc) is 2.40. The van der Waals surface area contributed by atoms with E-state index in [2.05, 4.69) is 43.0 Å². The van der Waals surface area contributed by atoms with Gasteiger partial charge in [0.05, 0.1) is 5.02 Å². The smallest absolute Gasteiger partial charge is 0.134 e. The highest BCUT2D eigenvalue weighted by Crippen LogP contribution is 2.25. The fraction of sp³-hybridized carbons (Fsp3) is 0.250. The van der Waals surface area contributed by atoms with Gasteiger partial charge >= 0.3 is 0 Å². The van der Waals surface area contributed by atoms with Crippen LogP contribution in [0.4, 0.5) is 5.69 Å². The third kappa shape index (κ3) is 3.42.